The Kier molecular flexibility index (Phi) is 4.48. The van der Waals surface area contributed by atoms with E-state index in [4.69, 9.17) is 4.74 Å². The van der Waals surface area contributed by atoms with E-state index in [2.05, 4.69) is 26.0 Å². The number of hydrogen-bond acceptors (Lipinski definition) is 4. The Balaban J connectivity index is 1.62. The smallest absolute Gasteiger partial charge is 0.158 e. The van der Waals surface area contributed by atoms with Crippen LogP contribution in [0.1, 0.15) is 78.6 Å². The Morgan fingerprint density at radius 1 is 1.17 bits per heavy atom. The van der Waals surface area contributed by atoms with Crippen molar-refractivity contribution in [3.63, 3.8) is 0 Å². The lowest BCUT2D eigenvalue weighted by atomic mass is 9.48. The maximum atomic E-state index is 13.1. The van der Waals surface area contributed by atoms with E-state index in [-0.39, 0.29) is 40.2 Å². The number of carbonyl (C=O) groups is 1. The molecule has 1 aliphatic heterocycles. The van der Waals surface area contributed by atoms with Crippen molar-refractivity contribution in [2.45, 2.75) is 96.6 Å². The van der Waals surface area contributed by atoms with E-state index in [1.165, 1.54) is 5.57 Å². The van der Waals surface area contributed by atoms with E-state index in [1.807, 2.05) is 6.92 Å². The maximum absolute atomic E-state index is 13.1. The SMILES string of the molecule is CCC(=O)C1=CC2CC(O)CC[C@]2(C)C2=CC[C@@]3(C)C(CCC34CCC(O)O4)[C@H]12. The summed E-state index contributed by atoms with van der Waals surface area (Å²) in [5, 5.41) is 20.5. The van der Waals surface area contributed by atoms with Gasteiger partial charge in [0.2, 0.25) is 0 Å². The average Bonchev–Trinajstić information content (AvgIpc) is 3.22. The third kappa shape index (κ3) is 2.58. The van der Waals surface area contributed by atoms with Crippen LogP contribution in [0.5, 0.6) is 0 Å². The molecular weight excluding hydrogens is 364 g/mol. The van der Waals surface area contributed by atoms with Crippen LogP contribution in [0, 0.1) is 28.6 Å². The summed E-state index contributed by atoms with van der Waals surface area (Å²) in [5.41, 5.74) is 2.23. The molecule has 8 atom stereocenters. The van der Waals surface area contributed by atoms with E-state index in [9.17, 15) is 15.0 Å². The molecule has 2 saturated carbocycles. The van der Waals surface area contributed by atoms with Crippen LogP contribution in [0.25, 0.3) is 0 Å². The van der Waals surface area contributed by atoms with Gasteiger partial charge in [0, 0.05) is 24.2 Å². The van der Waals surface area contributed by atoms with Crippen LogP contribution in [0.4, 0.5) is 0 Å². The predicted octanol–water partition coefficient (Wildman–Crippen LogP) is 4.30. The van der Waals surface area contributed by atoms with Gasteiger partial charge in [0.15, 0.2) is 12.1 Å². The largest absolute Gasteiger partial charge is 0.393 e. The molecule has 4 heteroatoms. The first kappa shape index (κ1) is 20.0. The van der Waals surface area contributed by atoms with Crippen LogP contribution in [-0.2, 0) is 9.53 Å². The first-order valence-electron chi connectivity index (χ1n) is 11.7. The third-order valence-electron chi connectivity index (χ3n) is 9.72. The van der Waals surface area contributed by atoms with Gasteiger partial charge >= 0.3 is 0 Å². The Bertz CT molecular complexity index is 784. The number of aliphatic hydroxyl groups is 2. The van der Waals surface area contributed by atoms with Gasteiger partial charge in [-0.1, -0.05) is 38.5 Å². The molecule has 5 unspecified atom stereocenters. The van der Waals surface area contributed by atoms with Crippen LogP contribution in [-0.4, -0.2) is 34.0 Å². The standard InChI is InChI=1S/C25H36O4/c1-4-20(27)17-14-15-13-16(26)5-9-23(15,2)18-6-10-24(3)19(22(17)18)7-11-25(24)12-8-21(28)29-25/h6,14-16,19,21-22,26,28H,4-5,7-13H2,1-3H3/t15?,16?,19?,21?,22-,23+,24+,25?/m1/s1. The highest BCUT2D eigenvalue weighted by Gasteiger charge is 2.65. The van der Waals surface area contributed by atoms with E-state index in [0.717, 1.165) is 56.9 Å². The molecule has 0 aromatic heterocycles. The number of Topliss-reactive ketones (excluding diaryl/α,β-unsaturated/α-hetero) is 1. The van der Waals surface area contributed by atoms with E-state index in [0.29, 0.717) is 12.3 Å². The molecule has 5 aliphatic rings. The monoisotopic (exact) mass is 400 g/mol. The molecule has 0 bridgehead atoms. The molecule has 29 heavy (non-hydrogen) atoms. The van der Waals surface area contributed by atoms with Gasteiger partial charge in [-0.2, -0.15) is 0 Å². The van der Waals surface area contributed by atoms with Crippen molar-refractivity contribution >= 4 is 5.78 Å². The van der Waals surface area contributed by atoms with Crippen molar-refractivity contribution in [3.05, 3.63) is 23.3 Å². The summed E-state index contributed by atoms with van der Waals surface area (Å²) in [6, 6.07) is 0. The highest BCUT2D eigenvalue weighted by Crippen LogP contribution is 2.68. The minimum absolute atomic E-state index is 0.0386. The van der Waals surface area contributed by atoms with Crippen LogP contribution in [0.15, 0.2) is 23.3 Å². The number of allylic oxidation sites excluding steroid dienone is 4. The Morgan fingerprint density at radius 2 is 1.93 bits per heavy atom. The summed E-state index contributed by atoms with van der Waals surface area (Å²) < 4.78 is 6.22. The van der Waals surface area contributed by atoms with Gasteiger partial charge in [0.25, 0.3) is 0 Å². The Hall–Kier alpha value is -0.970. The quantitative estimate of drug-likeness (QED) is 0.678. The van der Waals surface area contributed by atoms with Gasteiger partial charge in [-0.05, 0) is 67.8 Å². The first-order valence-corrected chi connectivity index (χ1v) is 11.7. The molecule has 5 rings (SSSR count). The number of hydrogen-bond donors (Lipinski definition) is 2. The van der Waals surface area contributed by atoms with Crippen molar-refractivity contribution in [1.82, 2.24) is 0 Å². The molecule has 0 amide bonds. The highest BCUT2D eigenvalue weighted by molar-refractivity contribution is 5.96. The third-order valence-corrected chi connectivity index (χ3v) is 9.72. The van der Waals surface area contributed by atoms with Crippen molar-refractivity contribution in [2.75, 3.05) is 0 Å². The number of carbonyl (C=O) groups excluding carboxylic acids is 1. The molecule has 4 nitrogen and oxygen atoms in total. The Labute approximate surface area is 174 Å². The van der Waals surface area contributed by atoms with Gasteiger partial charge in [-0.25, -0.2) is 0 Å². The number of aliphatic hydroxyl groups excluding tert-OH is 2. The lowest BCUT2D eigenvalue weighted by Crippen LogP contribution is -2.53. The van der Waals surface area contributed by atoms with Crippen molar-refractivity contribution < 1.29 is 19.7 Å². The molecule has 160 valence electrons. The molecule has 1 saturated heterocycles. The second-order valence-corrected chi connectivity index (χ2v) is 10.9. The van der Waals surface area contributed by atoms with Gasteiger partial charge < -0.3 is 14.9 Å². The summed E-state index contributed by atoms with van der Waals surface area (Å²) in [7, 11) is 0. The lowest BCUT2D eigenvalue weighted by molar-refractivity contribution is -0.181. The van der Waals surface area contributed by atoms with Crippen molar-refractivity contribution in [2.24, 2.45) is 28.6 Å². The van der Waals surface area contributed by atoms with Crippen LogP contribution in [0.3, 0.4) is 0 Å². The fourth-order valence-corrected chi connectivity index (χ4v) is 7.90. The molecule has 1 heterocycles. The summed E-state index contributed by atoms with van der Waals surface area (Å²) >= 11 is 0. The number of fused-ring (bicyclic) bond motifs is 6. The summed E-state index contributed by atoms with van der Waals surface area (Å²) in [5.74, 6) is 1.08. The maximum Gasteiger partial charge on any atom is 0.158 e. The van der Waals surface area contributed by atoms with Gasteiger partial charge in [0.1, 0.15) is 0 Å². The molecule has 1 spiro atoms. The number of ether oxygens (including phenoxy) is 1. The minimum atomic E-state index is -0.642. The van der Waals surface area contributed by atoms with Crippen LogP contribution in [0.2, 0.25) is 0 Å². The van der Waals surface area contributed by atoms with E-state index < -0.39 is 6.29 Å². The summed E-state index contributed by atoms with van der Waals surface area (Å²) in [4.78, 5) is 13.1. The fourth-order valence-electron chi connectivity index (χ4n) is 7.90. The molecule has 0 radical (unpaired) electrons. The first-order chi connectivity index (χ1) is 13.7. The van der Waals surface area contributed by atoms with Crippen molar-refractivity contribution in [1.29, 1.82) is 0 Å². The second-order valence-electron chi connectivity index (χ2n) is 10.9. The van der Waals surface area contributed by atoms with Crippen LogP contribution < -0.4 is 0 Å². The van der Waals surface area contributed by atoms with Gasteiger partial charge in [-0.3, -0.25) is 4.79 Å². The Morgan fingerprint density at radius 3 is 2.62 bits per heavy atom. The molecule has 0 aromatic carbocycles. The van der Waals surface area contributed by atoms with Crippen molar-refractivity contribution in [3.8, 4) is 0 Å². The zero-order chi connectivity index (χ0) is 20.6. The second kappa shape index (κ2) is 6.51. The molecule has 0 aromatic rings. The minimum Gasteiger partial charge on any atom is -0.393 e. The van der Waals surface area contributed by atoms with Gasteiger partial charge in [-0.15, -0.1) is 0 Å². The molecular formula is C25H36O4. The number of rotatable bonds is 2. The van der Waals surface area contributed by atoms with E-state index in [1.54, 1.807) is 0 Å². The van der Waals surface area contributed by atoms with E-state index >= 15 is 0 Å². The number of ketones is 1. The zero-order valence-electron chi connectivity index (χ0n) is 18.1. The highest BCUT2D eigenvalue weighted by atomic mass is 16.6. The summed E-state index contributed by atoms with van der Waals surface area (Å²) in [6.45, 7) is 6.68. The molecule has 4 aliphatic carbocycles. The average molecular weight is 401 g/mol. The van der Waals surface area contributed by atoms with Crippen LogP contribution >= 0.6 is 0 Å². The molecule has 3 fully saturated rings. The zero-order valence-corrected chi connectivity index (χ0v) is 18.1. The fraction of sp³-hybridized carbons (Fsp3) is 0.800. The normalized spacial score (nSPS) is 51.1. The van der Waals surface area contributed by atoms with Gasteiger partial charge in [0.05, 0.1) is 11.7 Å². The predicted molar refractivity (Wildman–Crippen MR) is 111 cm³/mol. The lowest BCUT2D eigenvalue weighted by Gasteiger charge is -2.57. The molecule has 2 N–H and O–H groups in total. The summed E-state index contributed by atoms with van der Waals surface area (Å²) in [6.07, 6.45) is 11.6. The topological polar surface area (TPSA) is 66.8 Å².